The van der Waals surface area contributed by atoms with E-state index in [1.165, 1.54) is 5.57 Å². The van der Waals surface area contributed by atoms with Crippen LogP contribution in [0.2, 0.25) is 18.1 Å². The highest BCUT2D eigenvalue weighted by Crippen LogP contribution is 2.39. The summed E-state index contributed by atoms with van der Waals surface area (Å²) in [6, 6.07) is 0. The van der Waals surface area contributed by atoms with Gasteiger partial charge in [0.15, 0.2) is 8.32 Å². The molecule has 0 fully saturated rings. The third-order valence-corrected chi connectivity index (χ3v) is 7.42. The van der Waals surface area contributed by atoms with Gasteiger partial charge in [0, 0.05) is 0 Å². The minimum Gasteiger partial charge on any atom is -0.401 e. The Kier molecular flexibility index (Phi) is 3.07. The quantitative estimate of drug-likeness (QED) is 0.623. The van der Waals surface area contributed by atoms with Crippen LogP contribution in [0.15, 0.2) is 23.8 Å². The fourth-order valence-electron chi connectivity index (χ4n) is 1.05. The van der Waals surface area contributed by atoms with Gasteiger partial charge in [0.25, 0.3) is 0 Å². The lowest BCUT2D eigenvalue weighted by molar-refractivity contribution is 0.352. The fourth-order valence-corrected chi connectivity index (χ4v) is 2.07. The molecule has 0 amide bonds. The van der Waals surface area contributed by atoms with E-state index in [4.69, 9.17) is 4.43 Å². The molecule has 0 aromatic heterocycles. The van der Waals surface area contributed by atoms with E-state index in [2.05, 4.69) is 59.0 Å². The van der Waals surface area contributed by atoms with E-state index in [0.29, 0.717) is 0 Å². The smallest absolute Gasteiger partial charge is 0.193 e. The maximum absolute atomic E-state index is 6.13. The average Bonchev–Trinajstić information content (AvgIpc) is 2.31. The molecule has 0 spiro atoms. The minimum atomic E-state index is -1.63. The zero-order valence-corrected chi connectivity index (χ0v) is 11.1. The number of hydrogen-bond acceptors (Lipinski definition) is 1. The number of hydrogen-bond donors (Lipinski definition) is 0. The predicted molar refractivity (Wildman–Crippen MR) is 64.4 cm³/mol. The fraction of sp³-hybridized carbons (Fsp3) is 0.583. The molecule has 79 valence electrons. The Labute approximate surface area is 89.0 Å². The molecule has 0 N–H and O–H groups in total. The van der Waals surface area contributed by atoms with Crippen LogP contribution in [0, 0.1) is 6.10 Å². The van der Waals surface area contributed by atoms with Gasteiger partial charge in [-0.15, -0.1) is 0 Å². The maximum Gasteiger partial charge on any atom is 0.193 e. The van der Waals surface area contributed by atoms with Gasteiger partial charge in [-0.3, -0.25) is 0 Å². The summed E-state index contributed by atoms with van der Waals surface area (Å²) >= 11 is 0. The first kappa shape index (κ1) is 11.7. The minimum absolute atomic E-state index is 0.276. The Hall–Kier alpha value is -0.343. The first-order valence-electron chi connectivity index (χ1n) is 5.15. The third kappa shape index (κ3) is 2.58. The summed E-state index contributed by atoms with van der Waals surface area (Å²) < 4.78 is 6.13. The lowest BCUT2D eigenvalue weighted by atomic mass is 10.2. The number of rotatable bonds is 2. The van der Waals surface area contributed by atoms with Crippen LogP contribution in [0.25, 0.3) is 0 Å². The summed E-state index contributed by atoms with van der Waals surface area (Å²) in [5, 5.41) is 0.276. The molecule has 1 rings (SSSR count). The van der Waals surface area contributed by atoms with E-state index in [0.717, 1.165) is 6.10 Å². The van der Waals surface area contributed by atoms with Gasteiger partial charge in [0.1, 0.15) is 6.10 Å². The summed E-state index contributed by atoms with van der Waals surface area (Å²) in [4.78, 5) is 0. The lowest BCUT2D eigenvalue weighted by Gasteiger charge is -2.37. The summed E-state index contributed by atoms with van der Waals surface area (Å²) in [5.74, 6) is 0. The van der Waals surface area contributed by atoms with Crippen LogP contribution >= 0.6 is 0 Å². The van der Waals surface area contributed by atoms with Gasteiger partial charge in [-0.25, -0.2) is 0 Å². The number of allylic oxidation sites excluding steroid dienone is 2. The molecule has 0 saturated heterocycles. The van der Waals surface area contributed by atoms with E-state index >= 15 is 0 Å². The van der Waals surface area contributed by atoms with Gasteiger partial charge in [-0.1, -0.05) is 32.4 Å². The Balaban J connectivity index is 2.66. The second-order valence-corrected chi connectivity index (χ2v) is 10.2. The molecule has 0 atom stereocenters. The van der Waals surface area contributed by atoms with Crippen LogP contribution in [-0.4, -0.2) is 8.32 Å². The van der Waals surface area contributed by atoms with E-state index in [-0.39, 0.29) is 5.04 Å². The molecule has 1 nitrogen and oxygen atoms in total. The van der Waals surface area contributed by atoms with Crippen molar-refractivity contribution in [2.45, 2.75) is 45.8 Å². The summed E-state index contributed by atoms with van der Waals surface area (Å²) in [6.07, 6.45) is 7.31. The van der Waals surface area contributed by atoms with Crippen LogP contribution < -0.4 is 0 Å². The highest BCUT2D eigenvalue weighted by molar-refractivity contribution is 6.74. The second kappa shape index (κ2) is 3.67. The normalized spacial score (nSPS) is 18.9. The molecule has 0 aromatic carbocycles. The Morgan fingerprint density at radius 2 is 1.71 bits per heavy atom. The van der Waals surface area contributed by atoms with Crippen molar-refractivity contribution in [2.24, 2.45) is 0 Å². The van der Waals surface area contributed by atoms with E-state index in [9.17, 15) is 0 Å². The van der Waals surface area contributed by atoms with E-state index in [1.807, 2.05) is 0 Å². The molecule has 0 unspecified atom stereocenters. The molecule has 0 aliphatic heterocycles. The molecular formula is C12H21OSi. The molecule has 0 saturated carbocycles. The van der Waals surface area contributed by atoms with E-state index < -0.39 is 8.32 Å². The zero-order valence-electron chi connectivity index (χ0n) is 10.1. The third-order valence-electron chi connectivity index (χ3n) is 3.06. The van der Waals surface area contributed by atoms with E-state index in [1.54, 1.807) is 0 Å². The molecule has 2 heteroatoms. The van der Waals surface area contributed by atoms with Gasteiger partial charge >= 0.3 is 0 Å². The van der Waals surface area contributed by atoms with Crippen molar-refractivity contribution in [3.05, 3.63) is 29.9 Å². The Morgan fingerprint density at radius 1 is 1.14 bits per heavy atom. The summed E-state index contributed by atoms with van der Waals surface area (Å²) in [6.45, 7) is 13.4. The summed E-state index contributed by atoms with van der Waals surface area (Å²) in [7, 11) is -1.63. The highest BCUT2D eigenvalue weighted by atomic mass is 28.4. The first-order valence-corrected chi connectivity index (χ1v) is 8.05. The monoisotopic (exact) mass is 209 g/mol. The van der Waals surface area contributed by atoms with Crippen molar-refractivity contribution < 1.29 is 4.43 Å². The van der Waals surface area contributed by atoms with Crippen molar-refractivity contribution in [2.75, 3.05) is 0 Å². The van der Waals surface area contributed by atoms with Gasteiger partial charge in [-0.2, -0.15) is 0 Å². The van der Waals surface area contributed by atoms with Crippen LogP contribution in [0.1, 0.15) is 27.7 Å². The molecule has 0 heterocycles. The molecule has 0 aromatic rings. The Morgan fingerprint density at radius 3 is 2.07 bits per heavy atom. The second-order valence-electron chi connectivity index (χ2n) is 5.49. The van der Waals surface area contributed by atoms with Crippen molar-refractivity contribution in [1.29, 1.82) is 0 Å². The molecule has 0 bridgehead atoms. The molecule has 1 aliphatic rings. The molecule has 1 radical (unpaired) electrons. The predicted octanol–water partition coefficient (Wildman–Crippen LogP) is 4.06. The van der Waals surface area contributed by atoms with Crippen LogP contribution in [-0.2, 0) is 4.43 Å². The molecular weight excluding hydrogens is 188 g/mol. The van der Waals surface area contributed by atoms with Gasteiger partial charge in [0.2, 0.25) is 0 Å². The van der Waals surface area contributed by atoms with Gasteiger partial charge in [0.05, 0.1) is 0 Å². The van der Waals surface area contributed by atoms with Crippen molar-refractivity contribution in [3.63, 3.8) is 0 Å². The lowest BCUT2D eigenvalue weighted by Crippen LogP contribution is -2.41. The zero-order chi connectivity index (χ0) is 11.0. The summed E-state index contributed by atoms with van der Waals surface area (Å²) in [5.41, 5.74) is 1.28. The topological polar surface area (TPSA) is 9.23 Å². The largest absolute Gasteiger partial charge is 0.401 e. The standard InChI is InChI=1S/C12H21OSi/c1-10-7-8-11(9-10)13-14(5,6)12(2,3)4/h7-9H,1-6H3. The maximum atomic E-state index is 6.13. The van der Waals surface area contributed by atoms with Crippen molar-refractivity contribution in [3.8, 4) is 0 Å². The molecule has 14 heavy (non-hydrogen) atoms. The van der Waals surface area contributed by atoms with Crippen LogP contribution in [0.3, 0.4) is 0 Å². The van der Waals surface area contributed by atoms with Gasteiger partial charge < -0.3 is 4.43 Å². The Bertz CT molecular complexity index is 269. The van der Waals surface area contributed by atoms with Crippen molar-refractivity contribution in [1.82, 2.24) is 0 Å². The van der Waals surface area contributed by atoms with Gasteiger partial charge in [-0.05, 0) is 37.2 Å². The highest BCUT2D eigenvalue weighted by Gasteiger charge is 2.39. The SMILES string of the molecule is CC1=C[C](O[Si](C)(C)C(C)(C)C)C=C1. The van der Waals surface area contributed by atoms with Crippen molar-refractivity contribution >= 4 is 8.32 Å². The van der Waals surface area contributed by atoms with Crippen LogP contribution in [0.4, 0.5) is 0 Å². The molecule has 1 aliphatic carbocycles. The average molecular weight is 209 g/mol. The first-order chi connectivity index (χ1) is 6.22. The van der Waals surface area contributed by atoms with Crippen LogP contribution in [0.5, 0.6) is 0 Å².